The molecule has 2 aromatic heterocycles. The van der Waals surface area contributed by atoms with E-state index in [1.807, 2.05) is 49.4 Å². The van der Waals surface area contributed by atoms with E-state index in [1.54, 1.807) is 10.9 Å². The van der Waals surface area contributed by atoms with Gasteiger partial charge in [0.05, 0.1) is 24.1 Å². The van der Waals surface area contributed by atoms with Gasteiger partial charge in [-0.15, -0.1) is 0 Å². The highest BCUT2D eigenvalue weighted by Gasteiger charge is 2.37. The van der Waals surface area contributed by atoms with Gasteiger partial charge in [0.2, 0.25) is 0 Å². The number of aromatic nitrogens is 3. The topological polar surface area (TPSA) is 89.3 Å². The summed E-state index contributed by atoms with van der Waals surface area (Å²) in [6.07, 6.45) is 3.69. The number of pyridine rings is 1. The monoisotopic (exact) mass is 364 g/mol. The molecule has 1 unspecified atom stereocenters. The molecule has 2 N–H and O–H groups in total. The van der Waals surface area contributed by atoms with E-state index >= 15 is 0 Å². The lowest BCUT2D eigenvalue weighted by atomic mass is 9.89. The molecule has 0 spiro atoms. The van der Waals surface area contributed by atoms with Crippen molar-refractivity contribution < 1.29 is 14.6 Å². The summed E-state index contributed by atoms with van der Waals surface area (Å²) in [6, 6.07) is 13.2. The van der Waals surface area contributed by atoms with E-state index in [2.05, 4.69) is 15.4 Å². The molecule has 0 aliphatic carbocycles. The lowest BCUT2D eigenvalue weighted by molar-refractivity contribution is 0.0653. The number of hydrogen-bond acceptors (Lipinski definition) is 5. The van der Waals surface area contributed by atoms with Crippen molar-refractivity contribution in [2.75, 3.05) is 13.2 Å². The van der Waals surface area contributed by atoms with Crippen LogP contribution in [0.1, 0.15) is 21.6 Å². The Kier molecular flexibility index (Phi) is 4.37. The van der Waals surface area contributed by atoms with Gasteiger partial charge >= 0.3 is 0 Å². The minimum absolute atomic E-state index is 0.208. The normalized spacial score (nSPS) is 18.4. The van der Waals surface area contributed by atoms with Crippen LogP contribution in [-0.2, 0) is 6.42 Å². The predicted octanol–water partition coefficient (Wildman–Crippen LogP) is 1.67. The highest BCUT2D eigenvalue weighted by Crippen LogP contribution is 2.29. The second-order valence-corrected chi connectivity index (χ2v) is 6.71. The summed E-state index contributed by atoms with van der Waals surface area (Å²) in [5.74, 6) is 1.13. The Balaban J connectivity index is 1.58. The molecule has 7 heteroatoms. The van der Waals surface area contributed by atoms with Crippen molar-refractivity contribution in [3.63, 3.8) is 0 Å². The molecule has 7 nitrogen and oxygen atoms in total. The minimum Gasteiger partial charge on any atom is -0.491 e. The van der Waals surface area contributed by atoms with E-state index in [4.69, 9.17) is 4.74 Å². The van der Waals surface area contributed by atoms with Crippen LogP contribution in [-0.4, -0.2) is 44.5 Å². The van der Waals surface area contributed by atoms with Crippen LogP contribution in [0.3, 0.4) is 0 Å². The number of hydrogen-bond donors (Lipinski definition) is 2. The summed E-state index contributed by atoms with van der Waals surface area (Å²) in [7, 11) is 0. The number of amides is 1. The molecule has 1 aromatic carbocycles. The average molecular weight is 364 g/mol. The molecule has 4 rings (SSSR count). The second-order valence-electron chi connectivity index (χ2n) is 6.71. The van der Waals surface area contributed by atoms with Crippen LogP contribution >= 0.6 is 0 Å². The van der Waals surface area contributed by atoms with Gasteiger partial charge in [0.15, 0.2) is 5.82 Å². The first-order valence-electron chi connectivity index (χ1n) is 8.72. The number of nitrogens with one attached hydrogen (secondary N) is 1. The maximum absolute atomic E-state index is 12.9. The van der Waals surface area contributed by atoms with Crippen molar-refractivity contribution in [1.29, 1.82) is 0 Å². The van der Waals surface area contributed by atoms with Crippen LogP contribution in [0.25, 0.3) is 5.82 Å². The van der Waals surface area contributed by atoms with Gasteiger partial charge in [0.1, 0.15) is 17.9 Å². The Morgan fingerprint density at radius 2 is 2.11 bits per heavy atom. The summed E-state index contributed by atoms with van der Waals surface area (Å²) >= 11 is 0. The zero-order valence-corrected chi connectivity index (χ0v) is 14.9. The van der Waals surface area contributed by atoms with E-state index in [1.165, 1.54) is 6.20 Å². The van der Waals surface area contributed by atoms with E-state index in [0.29, 0.717) is 23.5 Å². The van der Waals surface area contributed by atoms with Gasteiger partial charge < -0.3 is 15.2 Å². The largest absolute Gasteiger partial charge is 0.491 e. The van der Waals surface area contributed by atoms with E-state index in [-0.39, 0.29) is 19.1 Å². The molecule has 1 amide bonds. The zero-order chi connectivity index (χ0) is 18.9. The number of rotatable bonds is 4. The van der Waals surface area contributed by atoms with Crippen molar-refractivity contribution in [3.05, 3.63) is 71.7 Å². The Morgan fingerprint density at radius 3 is 2.89 bits per heavy atom. The van der Waals surface area contributed by atoms with E-state index < -0.39 is 5.54 Å². The van der Waals surface area contributed by atoms with Crippen LogP contribution in [0.15, 0.2) is 54.9 Å². The molecule has 3 aromatic rings. The quantitative estimate of drug-likeness (QED) is 0.735. The third-order valence-electron chi connectivity index (χ3n) is 4.81. The van der Waals surface area contributed by atoms with Gasteiger partial charge in [-0.3, -0.25) is 4.79 Å². The van der Waals surface area contributed by atoms with Crippen LogP contribution in [0, 0.1) is 6.92 Å². The number of nitrogens with zero attached hydrogens (tertiary/aromatic N) is 3. The van der Waals surface area contributed by atoms with Crippen LogP contribution in [0.2, 0.25) is 0 Å². The van der Waals surface area contributed by atoms with E-state index in [0.717, 1.165) is 11.3 Å². The molecule has 1 atom stereocenters. The van der Waals surface area contributed by atoms with Gasteiger partial charge in [0.25, 0.3) is 5.91 Å². The summed E-state index contributed by atoms with van der Waals surface area (Å²) in [5, 5.41) is 17.2. The molecule has 0 saturated heterocycles. The third-order valence-corrected chi connectivity index (χ3v) is 4.81. The van der Waals surface area contributed by atoms with Crippen molar-refractivity contribution in [3.8, 4) is 11.6 Å². The molecule has 0 saturated carbocycles. The number of benzene rings is 1. The van der Waals surface area contributed by atoms with Crippen molar-refractivity contribution in [2.24, 2.45) is 0 Å². The summed E-state index contributed by atoms with van der Waals surface area (Å²) < 4.78 is 7.38. The van der Waals surface area contributed by atoms with Gasteiger partial charge in [0, 0.05) is 12.6 Å². The first-order valence-corrected chi connectivity index (χ1v) is 8.72. The first-order chi connectivity index (χ1) is 13.1. The highest BCUT2D eigenvalue weighted by atomic mass is 16.5. The maximum atomic E-state index is 12.9. The predicted molar refractivity (Wildman–Crippen MR) is 99.0 cm³/mol. The fourth-order valence-corrected chi connectivity index (χ4v) is 3.29. The van der Waals surface area contributed by atoms with Gasteiger partial charge in [-0.05, 0) is 30.7 Å². The third kappa shape index (κ3) is 3.17. The molecular formula is C20H20N4O3. The summed E-state index contributed by atoms with van der Waals surface area (Å²) in [4.78, 5) is 17.2. The maximum Gasteiger partial charge on any atom is 0.255 e. The second kappa shape index (κ2) is 6.85. The standard InChI is InChI=1S/C20H20N4O3/c1-14-16(11-22-24(14)18-8-4-5-9-21-18)19(26)23-20(12-25)10-15-6-2-3-7-17(15)27-13-20/h2-9,11,25H,10,12-13H2,1H3,(H,23,26). The molecule has 3 heterocycles. The number of carbonyl (C=O) groups is 1. The molecule has 0 fully saturated rings. The number of para-hydroxylation sites is 1. The van der Waals surface area contributed by atoms with Crippen LogP contribution in [0.4, 0.5) is 0 Å². The number of aliphatic hydroxyl groups excluding tert-OH is 1. The molecular weight excluding hydrogens is 344 g/mol. The van der Waals surface area contributed by atoms with Gasteiger partial charge in [-0.2, -0.15) is 5.10 Å². The average Bonchev–Trinajstić information content (AvgIpc) is 3.10. The van der Waals surface area contributed by atoms with Gasteiger partial charge in [-0.1, -0.05) is 24.3 Å². The molecule has 1 aliphatic heterocycles. The Morgan fingerprint density at radius 1 is 1.30 bits per heavy atom. The summed E-state index contributed by atoms with van der Waals surface area (Å²) in [5.41, 5.74) is 1.20. The molecule has 0 radical (unpaired) electrons. The Hall–Kier alpha value is -3.19. The molecule has 27 heavy (non-hydrogen) atoms. The SMILES string of the molecule is Cc1c(C(=O)NC2(CO)COc3ccccc3C2)cnn1-c1ccccn1. The summed E-state index contributed by atoms with van der Waals surface area (Å²) in [6.45, 7) is 1.80. The van der Waals surface area contributed by atoms with E-state index in [9.17, 15) is 9.90 Å². The van der Waals surface area contributed by atoms with Crippen molar-refractivity contribution in [2.45, 2.75) is 18.9 Å². The lowest BCUT2D eigenvalue weighted by Gasteiger charge is -2.37. The Labute approximate surface area is 156 Å². The van der Waals surface area contributed by atoms with Crippen LogP contribution < -0.4 is 10.1 Å². The number of fused-ring (bicyclic) bond motifs is 1. The van der Waals surface area contributed by atoms with Crippen molar-refractivity contribution >= 4 is 5.91 Å². The highest BCUT2D eigenvalue weighted by molar-refractivity contribution is 5.95. The number of ether oxygens (including phenoxy) is 1. The van der Waals surface area contributed by atoms with Gasteiger partial charge in [-0.25, -0.2) is 9.67 Å². The smallest absolute Gasteiger partial charge is 0.255 e. The molecule has 138 valence electrons. The number of carbonyl (C=O) groups excluding carboxylic acids is 1. The fraction of sp³-hybridized carbons (Fsp3) is 0.250. The first kappa shape index (κ1) is 17.2. The minimum atomic E-state index is -0.870. The van der Waals surface area contributed by atoms with Crippen LogP contribution in [0.5, 0.6) is 5.75 Å². The fourth-order valence-electron chi connectivity index (χ4n) is 3.29. The number of aliphatic hydroxyl groups is 1. The molecule has 1 aliphatic rings. The molecule has 0 bridgehead atoms. The Bertz CT molecular complexity index is 970. The lowest BCUT2D eigenvalue weighted by Crippen LogP contribution is -2.58. The zero-order valence-electron chi connectivity index (χ0n) is 14.9. The van der Waals surface area contributed by atoms with Crippen molar-refractivity contribution in [1.82, 2.24) is 20.1 Å².